The van der Waals surface area contributed by atoms with Gasteiger partial charge >= 0.3 is 0 Å². The molecule has 1 radical (unpaired) electrons. The van der Waals surface area contributed by atoms with Crippen LogP contribution in [0.25, 0.3) is 5.69 Å². The molecule has 0 aliphatic heterocycles. The summed E-state index contributed by atoms with van der Waals surface area (Å²) in [5, 5.41) is 13.4. The Morgan fingerprint density at radius 2 is 2.06 bits per heavy atom. The second-order valence-corrected chi connectivity index (χ2v) is 3.96. The zero-order chi connectivity index (χ0) is 11.7. The number of nitrogens with zero attached hydrogens (tertiary/aromatic N) is 2. The highest BCUT2D eigenvalue weighted by Crippen LogP contribution is 2.17. The summed E-state index contributed by atoms with van der Waals surface area (Å²) in [5.41, 5.74) is 4.78. The van der Waals surface area contributed by atoms with Gasteiger partial charge in [0.05, 0.1) is 18.0 Å². The molecular weight excluding hydrogens is 200 g/mol. The first-order valence-corrected chi connectivity index (χ1v) is 5.21. The van der Waals surface area contributed by atoms with Crippen molar-refractivity contribution in [2.45, 2.75) is 20.5 Å². The summed E-state index contributed by atoms with van der Waals surface area (Å²) in [4.78, 5) is 0. The predicted octanol–water partition coefficient (Wildman–Crippen LogP) is 2.16. The third-order valence-corrected chi connectivity index (χ3v) is 2.56. The third-order valence-electron chi connectivity index (χ3n) is 2.56. The normalized spacial score (nSPS) is 10.8. The molecule has 0 saturated heterocycles. The van der Waals surface area contributed by atoms with E-state index in [1.54, 1.807) is 0 Å². The molecule has 0 aliphatic carbocycles. The predicted molar refractivity (Wildman–Crippen MR) is 63.4 cm³/mol. The Morgan fingerprint density at radius 3 is 2.56 bits per heavy atom. The molecule has 1 N–H and O–H groups in total. The number of aromatic nitrogens is 2. The molecule has 0 unspecified atom stereocenters. The highest BCUT2D eigenvalue weighted by molar-refractivity contribution is 5.45. The average molecular weight is 215 g/mol. The van der Waals surface area contributed by atoms with Crippen LogP contribution < -0.4 is 0 Å². The van der Waals surface area contributed by atoms with Gasteiger partial charge in [-0.2, -0.15) is 5.10 Å². The molecule has 0 amide bonds. The van der Waals surface area contributed by atoms with Gasteiger partial charge in [0.1, 0.15) is 0 Å². The molecule has 3 heteroatoms. The summed E-state index contributed by atoms with van der Waals surface area (Å²) in [5.74, 6) is 0. The number of hydrogen-bond donors (Lipinski definition) is 1. The van der Waals surface area contributed by atoms with Crippen molar-refractivity contribution in [3.63, 3.8) is 0 Å². The Balaban J connectivity index is 2.52. The molecule has 3 nitrogen and oxygen atoms in total. The van der Waals surface area contributed by atoms with E-state index in [-0.39, 0.29) is 6.61 Å². The summed E-state index contributed by atoms with van der Waals surface area (Å²) in [6.07, 6.45) is 0. The third kappa shape index (κ3) is 1.86. The summed E-state index contributed by atoms with van der Waals surface area (Å²) in [7, 11) is 0. The van der Waals surface area contributed by atoms with Gasteiger partial charge < -0.3 is 5.11 Å². The van der Waals surface area contributed by atoms with Crippen LogP contribution in [0.4, 0.5) is 0 Å². The molecule has 1 aromatic heterocycles. The molecule has 16 heavy (non-hydrogen) atoms. The largest absolute Gasteiger partial charge is 0.392 e. The fourth-order valence-corrected chi connectivity index (χ4v) is 1.82. The van der Waals surface area contributed by atoms with E-state index in [0.29, 0.717) is 0 Å². The van der Waals surface area contributed by atoms with Crippen molar-refractivity contribution in [3.8, 4) is 5.69 Å². The molecule has 0 aliphatic rings. The van der Waals surface area contributed by atoms with E-state index in [1.165, 1.54) is 0 Å². The van der Waals surface area contributed by atoms with Crippen LogP contribution in [0, 0.1) is 20.8 Å². The van der Waals surface area contributed by atoms with Crippen LogP contribution in [0.2, 0.25) is 0 Å². The highest BCUT2D eigenvalue weighted by Gasteiger charge is 2.06. The number of aliphatic hydroxyl groups is 1. The minimum absolute atomic E-state index is 0.0416. The second-order valence-electron chi connectivity index (χ2n) is 3.96. The zero-order valence-electron chi connectivity index (χ0n) is 9.57. The minimum Gasteiger partial charge on any atom is -0.392 e. The van der Waals surface area contributed by atoms with Crippen molar-refractivity contribution in [1.29, 1.82) is 0 Å². The van der Waals surface area contributed by atoms with E-state index in [4.69, 9.17) is 5.11 Å². The lowest BCUT2D eigenvalue weighted by Crippen LogP contribution is -2.02. The first-order chi connectivity index (χ1) is 7.61. The lowest BCUT2D eigenvalue weighted by molar-refractivity contribution is 0.282. The van der Waals surface area contributed by atoms with E-state index in [0.717, 1.165) is 28.2 Å². The monoisotopic (exact) mass is 215 g/mol. The first kappa shape index (κ1) is 10.9. The van der Waals surface area contributed by atoms with E-state index >= 15 is 0 Å². The molecule has 2 aromatic rings. The van der Waals surface area contributed by atoms with Crippen LogP contribution in [-0.2, 0) is 6.61 Å². The van der Waals surface area contributed by atoms with E-state index in [1.807, 2.05) is 42.8 Å². The maximum atomic E-state index is 9.03. The fourth-order valence-electron chi connectivity index (χ4n) is 1.82. The number of rotatable bonds is 2. The Morgan fingerprint density at radius 1 is 1.31 bits per heavy atom. The molecule has 0 spiro atoms. The molecule has 1 heterocycles. The van der Waals surface area contributed by atoms with Gasteiger partial charge in [-0.3, -0.25) is 0 Å². The number of aryl methyl sites for hydroxylation is 2. The highest BCUT2D eigenvalue weighted by atomic mass is 16.3. The Bertz CT molecular complexity index is 515. The standard InChI is InChI=1S/C13H15N2O/c1-9-6-12(8-16)4-5-13(9)15-11(3)7-10(2)14-15/h4-7,16H,1,8H2,2-3H3. The van der Waals surface area contributed by atoms with Crippen LogP contribution in [0.3, 0.4) is 0 Å². The minimum atomic E-state index is 0.0416. The Hall–Kier alpha value is -1.61. The molecule has 0 fully saturated rings. The molecule has 0 bridgehead atoms. The Labute approximate surface area is 95.3 Å². The van der Waals surface area contributed by atoms with Gasteiger partial charge in [-0.25, -0.2) is 4.68 Å². The van der Waals surface area contributed by atoms with Crippen LogP contribution in [0.1, 0.15) is 22.5 Å². The number of benzene rings is 1. The van der Waals surface area contributed by atoms with Crippen molar-refractivity contribution < 1.29 is 5.11 Å². The van der Waals surface area contributed by atoms with Gasteiger partial charge in [-0.05, 0) is 44.0 Å². The summed E-state index contributed by atoms with van der Waals surface area (Å²) < 4.78 is 1.87. The molecule has 2 rings (SSSR count). The maximum Gasteiger partial charge on any atom is 0.0681 e. The van der Waals surface area contributed by atoms with Crippen LogP contribution in [0.5, 0.6) is 0 Å². The van der Waals surface area contributed by atoms with Gasteiger partial charge in [0.25, 0.3) is 0 Å². The van der Waals surface area contributed by atoms with Gasteiger partial charge in [0.2, 0.25) is 0 Å². The van der Waals surface area contributed by atoms with Gasteiger partial charge in [0, 0.05) is 5.69 Å². The number of hydrogen-bond acceptors (Lipinski definition) is 2. The summed E-state index contributed by atoms with van der Waals surface area (Å²) >= 11 is 0. The van der Waals surface area contributed by atoms with Gasteiger partial charge in [-0.1, -0.05) is 12.1 Å². The van der Waals surface area contributed by atoms with Crippen LogP contribution in [-0.4, -0.2) is 14.9 Å². The van der Waals surface area contributed by atoms with E-state index in [9.17, 15) is 0 Å². The fraction of sp³-hybridized carbons (Fsp3) is 0.231. The molecule has 0 saturated carbocycles. The summed E-state index contributed by atoms with van der Waals surface area (Å²) in [6.45, 7) is 8.01. The van der Waals surface area contributed by atoms with E-state index in [2.05, 4.69) is 12.0 Å². The molecule has 83 valence electrons. The first-order valence-electron chi connectivity index (χ1n) is 5.21. The smallest absolute Gasteiger partial charge is 0.0681 e. The number of aliphatic hydroxyl groups excluding tert-OH is 1. The average Bonchev–Trinajstić information content (AvgIpc) is 2.57. The van der Waals surface area contributed by atoms with Crippen molar-refractivity contribution in [1.82, 2.24) is 9.78 Å². The second kappa shape index (κ2) is 4.10. The molecule has 0 atom stereocenters. The lowest BCUT2D eigenvalue weighted by atomic mass is 10.1. The van der Waals surface area contributed by atoms with Gasteiger partial charge in [0.15, 0.2) is 0 Å². The maximum absolute atomic E-state index is 9.03. The quantitative estimate of drug-likeness (QED) is 0.833. The lowest BCUT2D eigenvalue weighted by Gasteiger charge is -2.09. The van der Waals surface area contributed by atoms with E-state index < -0.39 is 0 Å². The van der Waals surface area contributed by atoms with Crippen LogP contribution >= 0.6 is 0 Å². The molecular formula is C13H15N2O. The van der Waals surface area contributed by atoms with Crippen molar-refractivity contribution in [2.24, 2.45) is 0 Å². The van der Waals surface area contributed by atoms with Crippen LogP contribution in [0.15, 0.2) is 24.3 Å². The van der Waals surface area contributed by atoms with Crippen molar-refractivity contribution in [2.75, 3.05) is 0 Å². The van der Waals surface area contributed by atoms with Crippen molar-refractivity contribution in [3.05, 3.63) is 53.7 Å². The Kier molecular flexibility index (Phi) is 2.79. The topological polar surface area (TPSA) is 38.0 Å². The summed E-state index contributed by atoms with van der Waals surface area (Å²) in [6, 6.07) is 7.74. The SMILES string of the molecule is [CH2]c1cc(CO)ccc1-n1nc(C)cc1C. The zero-order valence-corrected chi connectivity index (χ0v) is 9.57. The molecule has 1 aromatic carbocycles. The van der Waals surface area contributed by atoms with Gasteiger partial charge in [-0.15, -0.1) is 0 Å². The van der Waals surface area contributed by atoms with Crippen molar-refractivity contribution >= 4 is 0 Å².